The second kappa shape index (κ2) is 3.64. The Hall–Kier alpha value is -1.82. The highest BCUT2D eigenvalue weighted by atomic mass is 32.2. The molecule has 0 bridgehead atoms. The number of hydrogen-bond acceptors (Lipinski definition) is 4. The van der Waals surface area contributed by atoms with Crippen LogP contribution in [0.1, 0.15) is 0 Å². The van der Waals surface area contributed by atoms with Crippen molar-refractivity contribution in [2.24, 2.45) is 0 Å². The van der Waals surface area contributed by atoms with Crippen LogP contribution in [0.5, 0.6) is 0 Å². The van der Waals surface area contributed by atoms with Crippen LogP contribution in [0.4, 0.5) is 0 Å². The number of nitrogens with one attached hydrogen (secondary N) is 1. The summed E-state index contributed by atoms with van der Waals surface area (Å²) in [5.41, 5.74) is 2.82. The molecular weight excluding hydrogens is 222 g/mol. The summed E-state index contributed by atoms with van der Waals surface area (Å²) in [5, 5.41) is 5.00. The highest BCUT2D eigenvalue weighted by molar-refractivity contribution is 7.98. The van der Waals surface area contributed by atoms with Gasteiger partial charge in [-0.1, -0.05) is 11.8 Å². The van der Waals surface area contributed by atoms with Crippen LogP contribution in [-0.4, -0.2) is 30.8 Å². The van der Waals surface area contributed by atoms with E-state index < -0.39 is 0 Å². The minimum Gasteiger partial charge on any atom is -0.344 e. The van der Waals surface area contributed by atoms with Gasteiger partial charge in [-0.25, -0.2) is 14.5 Å². The van der Waals surface area contributed by atoms with Gasteiger partial charge in [0.1, 0.15) is 5.65 Å². The quantitative estimate of drug-likeness (QED) is 0.540. The standard InChI is InChI=1S/C10H9N5S/c1-16-10-12-3-2-8(14-10)7-6-13-15-5-4-11-9(7)15/h2-6,11H,1H3. The molecule has 0 amide bonds. The zero-order chi connectivity index (χ0) is 11.0. The molecule has 5 nitrogen and oxygen atoms in total. The molecule has 3 aromatic rings. The molecule has 0 spiro atoms. The lowest BCUT2D eigenvalue weighted by Gasteiger charge is -1.98. The van der Waals surface area contributed by atoms with Crippen molar-refractivity contribution in [2.45, 2.75) is 5.16 Å². The molecule has 0 saturated heterocycles. The van der Waals surface area contributed by atoms with Crippen molar-refractivity contribution >= 4 is 17.4 Å². The first-order valence-corrected chi connectivity index (χ1v) is 5.99. The molecule has 0 fully saturated rings. The van der Waals surface area contributed by atoms with Gasteiger partial charge in [0.05, 0.1) is 17.5 Å². The van der Waals surface area contributed by atoms with Gasteiger partial charge in [0.2, 0.25) is 0 Å². The number of H-pyrrole nitrogens is 1. The van der Waals surface area contributed by atoms with E-state index in [2.05, 4.69) is 20.1 Å². The van der Waals surface area contributed by atoms with Gasteiger partial charge in [0.15, 0.2) is 5.16 Å². The molecule has 0 atom stereocenters. The monoisotopic (exact) mass is 231 g/mol. The molecule has 3 aromatic heterocycles. The number of aromatic nitrogens is 5. The average Bonchev–Trinajstić information content (AvgIpc) is 2.90. The van der Waals surface area contributed by atoms with E-state index in [9.17, 15) is 0 Å². The Kier molecular flexibility index (Phi) is 2.14. The summed E-state index contributed by atoms with van der Waals surface area (Å²) in [7, 11) is 0. The third-order valence-corrected chi connectivity index (χ3v) is 2.89. The van der Waals surface area contributed by atoms with Gasteiger partial charge in [-0.2, -0.15) is 5.10 Å². The summed E-state index contributed by atoms with van der Waals surface area (Å²) >= 11 is 1.53. The number of thioether (sulfide) groups is 1. The number of nitrogens with zero attached hydrogens (tertiary/aromatic N) is 4. The van der Waals surface area contributed by atoms with E-state index >= 15 is 0 Å². The van der Waals surface area contributed by atoms with Crippen LogP contribution in [0.25, 0.3) is 16.9 Å². The fourth-order valence-corrected chi connectivity index (χ4v) is 1.94. The molecule has 16 heavy (non-hydrogen) atoms. The summed E-state index contributed by atoms with van der Waals surface area (Å²) in [6.07, 6.45) is 9.25. The molecule has 0 radical (unpaired) electrons. The van der Waals surface area contributed by atoms with E-state index in [-0.39, 0.29) is 0 Å². The third kappa shape index (κ3) is 1.38. The van der Waals surface area contributed by atoms with Crippen molar-refractivity contribution in [3.8, 4) is 11.3 Å². The molecule has 0 unspecified atom stereocenters. The Morgan fingerprint density at radius 2 is 2.38 bits per heavy atom. The second-order valence-electron chi connectivity index (χ2n) is 3.24. The first-order chi connectivity index (χ1) is 7.88. The van der Waals surface area contributed by atoms with Crippen LogP contribution in [0.2, 0.25) is 0 Å². The molecule has 1 N–H and O–H groups in total. The van der Waals surface area contributed by atoms with Crippen LogP contribution in [0, 0.1) is 0 Å². The van der Waals surface area contributed by atoms with Crippen LogP contribution in [0.3, 0.4) is 0 Å². The van der Waals surface area contributed by atoms with Crippen molar-refractivity contribution in [2.75, 3.05) is 6.26 Å². The van der Waals surface area contributed by atoms with E-state index in [0.29, 0.717) is 0 Å². The molecule has 0 aliphatic heterocycles. The summed E-state index contributed by atoms with van der Waals surface area (Å²) in [6, 6.07) is 1.89. The van der Waals surface area contributed by atoms with Crippen molar-refractivity contribution in [3.05, 3.63) is 30.9 Å². The number of aromatic amines is 1. The molecule has 6 heteroatoms. The number of fused-ring (bicyclic) bond motifs is 1. The van der Waals surface area contributed by atoms with Gasteiger partial charge >= 0.3 is 0 Å². The first-order valence-electron chi connectivity index (χ1n) is 4.76. The lowest BCUT2D eigenvalue weighted by Crippen LogP contribution is -1.88. The largest absolute Gasteiger partial charge is 0.344 e. The van der Waals surface area contributed by atoms with Gasteiger partial charge in [-0.3, -0.25) is 0 Å². The Morgan fingerprint density at radius 3 is 3.25 bits per heavy atom. The maximum Gasteiger partial charge on any atom is 0.187 e. The van der Waals surface area contributed by atoms with Gasteiger partial charge in [0.25, 0.3) is 0 Å². The smallest absolute Gasteiger partial charge is 0.187 e. The Balaban J connectivity index is 2.19. The topological polar surface area (TPSA) is 58.9 Å². The summed E-state index contributed by atoms with van der Waals surface area (Å²) in [5.74, 6) is 0. The fraction of sp³-hybridized carbons (Fsp3) is 0.100. The maximum atomic E-state index is 4.44. The van der Waals surface area contributed by atoms with Crippen LogP contribution in [-0.2, 0) is 0 Å². The molecule has 80 valence electrons. The van der Waals surface area contributed by atoms with E-state index in [1.54, 1.807) is 16.9 Å². The zero-order valence-corrected chi connectivity index (χ0v) is 9.40. The SMILES string of the molecule is CSc1nccc(-c2cnn3cc[nH]c23)n1. The van der Waals surface area contributed by atoms with E-state index in [4.69, 9.17) is 0 Å². The predicted octanol–water partition coefficient (Wildman–Crippen LogP) is 1.84. The minimum atomic E-state index is 0.767. The van der Waals surface area contributed by atoms with E-state index in [1.807, 2.05) is 24.7 Å². The fourth-order valence-electron chi connectivity index (χ4n) is 1.58. The normalized spacial score (nSPS) is 11.1. The number of rotatable bonds is 2. The van der Waals surface area contributed by atoms with E-state index in [1.165, 1.54) is 11.8 Å². The highest BCUT2D eigenvalue weighted by Gasteiger charge is 2.09. The van der Waals surface area contributed by atoms with Crippen molar-refractivity contribution in [1.82, 2.24) is 24.6 Å². The molecule has 3 rings (SSSR count). The third-order valence-electron chi connectivity index (χ3n) is 2.32. The van der Waals surface area contributed by atoms with Crippen molar-refractivity contribution in [3.63, 3.8) is 0 Å². The maximum absolute atomic E-state index is 4.44. The Morgan fingerprint density at radius 1 is 1.44 bits per heavy atom. The molecule has 3 heterocycles. The molecule has 0 aromatic carbocycles. The lowest BCUT2D eigenvalue weighted by atomic mass is 10.2. The highest BCUT2D eigenvalue weighted by Crippen LogP contribution is 2.22. The van der Waals surface area contributed by atoms with Gasteiger partial charge in [-0.15, -0.1) is 0 Å². The van der Waals surface area contributed by atoms with Gasteiger partial charge < -0.3 is 4.98 Å². The molecule has 0 saturated carbocycles. The minimum absolute atomic E-state index is 0.767. The van der Waals surface area contributed by atoms with Crippen molar-refractivity contribution in [1.29, 1.82) is 0 Å². The summed E-state index contributed by atoms with van der Waals surface area (Å²) in [4.78, 5) is 11.7. The predicted molar refractivity (Wildman–Crippen MR) is 62.3 cm³/mol. The molecule has 0 aliphatic carbocycles. The average molecular weight is 231 g/mol. The van der Waals surface area contributed by atoms with Gasteiger partial charge in [0, 0.05) is 18.6 Å². The zero-order valence-electron chi connectivity index (χ0n) is 8.58. The Bertz CT molecular complexity index is 627. The van der Waals surface area contributed by atoms with Crippen molar-refractivity contribution < 1.29 is 0 Å². The Labute approximate surface area is 95.9 Å². The first kappa shape index (κ1) is 9.41. The second-order valence-corrected chi connectivity index (χ2v) is 4.01. The number of imidazole rings is 1. The summed E-state index contributed by atoms with van der Waals surface area (Å²) < 4.78 is 1.79. The molecule has 0 aliphatic rings. The number of hydrogen-bond donors (Lipinski definition) is 1. The van der Waals surface area contributed by atoms with Gasteiger partial charge in [-0.05, 0) is 12.3 Å². The van der Waals surface area contributed by atoms with E-state index in [0.717, 1.165) is 22.1 Å². The summed E-state index contributed by atoms with van der Waals surface area (Å²) in [6.45, 7) is 0. The lowest BCUT2D eigenvalue weighted by molar-refractivity contribution is 0.973. The van der Waals surface area contributed by atoms with Crippen LogP contribution < -0.4 is 0 Å². The molecular formula is C10H9N5S. The van der Waals surface area contributed by atoms with Crippen LogP contribution in [0.15, 0.2) is 36.0 Å². The van der Waals surface area contributed by atoms with Crippen LogP contribution >= 0.6 is 11.8 Å².